The highest BCUT2D eigenvalue weighted by atomic mass is 16.2. The molecule has 0 N–H and O–H groups in total. The van der Waals surface area contributed by atoms with E-state index in [0.717, 1.165) is 23.4 Å². The lowest BCUT2D eigenvalue weighted by atomic mass is 10.1. The van der Waals surface area contributed by atoms with Crippen molar-refractivity contribution in [2.45, 2.75) is 19.9 Å². The van der Waals surface area contributed by atoms with Crippen molar-refractivity contribution < 1.29 is 9.59 Å². The van der Waals surface area contributed by atoms with E-state index in [1.54, 1.807) is 4.90 Å². The maximum absolute atomic E-state index is 13.3. The van der Waals surface area contributed by atoms with Gasteiger partial charge in [-0.25, -0.2) is 0 Å². The summed E-state index contributed by atoms with van der Waals surface area (Å²) >= 11 is 0. The number of likely N-dealkylation sites (N-methyl/N-ethyl adjacent to an activating group) is 1. The third-order valence-corrected chi connectivity index (χ3v) is 5.16. The minimum Gasteiger partial charge on any atom is -0.337 e. The topological polar surface area (TPSA) is 43.9 Å². The molecule has 0 aliphatic carbocycles. The van der Waals surface area contributed by atoms with Crippen molar-refractivity contribution in [3.63, 3.8) is 0 Å². The van der Waals surface area contributed by atoms with Gasteiger partial charge in [0.05, 0.1) is 5.92 Å². The SMILES string of the molecule is Cc1ccc(N2CC(C(=O)N(CCN(C)C)Cc3ccccc3)CC2=O)cc1. The number of carbonyl (C=O) groups is 2. The number of carbonyl (C=O) groups excluding carboxylic acids is 2. The van der Waals surface area contributed by atoms with Crippen molar-refractivity contribution in [2.24, 2.45) is 5.92 Å². The first-order valence-corrected chi connectivity index (χ1v) is 9.78. The fourth-order valence-electron chi connectivity index (χ4n) is 3.50. The molecule has 0 spiro atoms. The maximum Gasteiger partial charge on any atom is 0.228 e. The highest BCUT2D eigenvalue weighted by Gasteiger charge is 2.37. The molecule has 5 nitrogen and oxygen atoms in total. The van der Waals surface area contributed by atoms with Gasteiger partial charge in [-0.2, -0.15) is 0 Å². The minimum atomic E-state index is -0.292. The number of anilines is 1. The molecule has 1 heterocycles. The molecule has 1 aliphatic heterocycles. The normalized spacial score (nSPS) is 16.6. The van der Waals surface area contributed by atoms with Gasteiger partial charge >= 0.3 is 0 Å². The monoisotopic (exact) mass is 379 g/mol. The number of hydrogen-bond donors (Lipinski definition) is 0. The number of hydrogen-bond acceptors (Lipinski definition) is 3. The molecular weight excluding hydrogens is 350 g/mol. The van der Waals surface area contributed by atoms with Gasteiger partial charge in [0.1, 0.15) is 0 Å². The lowest BCUT2D eigenvalue weighted by Gasteiger charge is -2.27. The number of nitrogens with zero attached hydrogens (tertiary/aromatic N) is 3. The summed E-state index contributed by atoms with van der Waals surface area (Å²) in [5.74, 6) is -0.206. The van der Waals surface area contributed by atoms with Crippen LogP contribution in [0.1, 0.15) is 17.5 Å². The molecule has 1 fully saturated rings. The van der Waals surface area contributed by atoms with Crippen molar-refractivity contribution in [1.82, 2.24) is 9.80 Å². The molecule has 0 radical (unpaired) electrons. The summed E-state index contributed by atoms with van der Waals surface area (Å²) in [4.78, 5) is 31.5. The van der Waals surface area contributed by atoms with Gasteiger partial charge in [-0.05, 0) is 38.7 Å². The van der Waals surface area contributed by atoms with E-state index in [0.29, 0.717) is 19.6 Å². The third-order valence-electron chi connectivity index (χ3n) is 5.16. The van der Waals surface area contributed by atoms with Crippen molar-refractivity contribution >= 4 is 17.5 Å². The first-order chi connectivity index (χ1) is 13.4. The van der Waals surface area contributed by atoms with Gasteiger partial charge in [0.25, 0.3) is 0 Å². The molecule has 28 heavy (non-hydrogen) atoms. The fourth-order valence-corrected chi connectivity index (χ4v) is 3.50. The average Bonchev–Trinajstić information content (AvgIpc) is 3.07. The zero-order chi connectivity index (χ0) is 20.1. The van der Waals surface area contributed by atoms with Crippen LogP contribution in [0.25, 0.3) is 0 Å². The van der Waals surface area contributed by atoms with E-state index in [-0.39, 0.29) is 24.2 Å². The smallest absolute Gasteiger partial charge is 0.228 e. The Morgan fingerprint density at radius 1 is 1.04 bits per heavy atom. The van der Waals surface area contributed by atoms with Crippen LogP contribution in [0.3, 0.4) is 0 Å². The van der Waals surface area contributed by atoms with E-state index in [4.69, 9.17) is 0 Å². The zero-order valence-corrected chi connectivity index (χ0v) is 17.0. The second-order valence-corrected chi connectivity index (χ2v) is 7.79. The van der Waals surface area contributed by atoms with Crippen LogP contribution < -0.4 is 4.90 Å². The summed E-state index contributed by atoms with van der Waals surface area (Å²) < 4.78 is 0. The van der Waals surface area contributed by atoms with Gasteiger partial charge in [0.15, 0.2) is 0 Å². The molecule has 5 heteroatoms. The lowest BCUT2D eigenvalue weighted by Crippen LogP contribution is -2.40. The van der Waals surface area contributed by atoms with Gasteiger partial charge in [0.2, 0.25) is 11.8 Å². The van der Waals surface area contributed by atoms with Crippen molar-refractivity contribution in [1.29, 1.82) is 0 Å². The molecule has 1 atom stereocenters. The largest absolute Gasteiger partial charge is 0.337 e. The number of amides is 2. The number of benzene rings is 2. The first-order valence-electron chi connectivity index (χ1n) is 9.78. The second kappa shape index (κ2) is 9.02. The predicted octanol–water partition coefficient (Wildman–Crippen LogP) is 2.94. The molecule has 1 saturated heterocycles. The van der Waals surface area contributed by atoms with E-state index in [2.05, 4.69) is 4.90 Å². The summed E-state index contributed by atoms with van der Waals surface area (Å²) in [6.45, 7) is 4.49. The van der Waals surface area contributed by atoms with Crippen LogP contribution in [0.5, 0.6) is 0 Å². The molecule has 148 valence electrons. The van der Waals surface area contributed by atoms with E-state index >= 15 is 0 Å². The van der Waals surface area contributed by atoms with Gasteiger partial charge in [0, 0.05) is 38.3 Å². The summed E-state index contributed by atoms with van der Waals surface area (Å²) in [6, 6.07) is 17.9. The van der Waals surface area contributed by atoms with Gasteiger partial charge in [-0.15, -0.1) is 0 Å². The fraction of sp³-hybridized carbons (Fsp3) is 0.391. The average molecular weight is 380 g/mol. The summed E-state index contributed by atoms with van der Waals surface area (Å²) in [5.41, 5.74) is 3.13. The molecule has 3 rings (SSSR count). The van der Waals surface area contributed by atoms with E-state index in [1.165, 1.54) is 0 Å². The Labute approximate surface area is 167 Å². The van der Waals surface area contributed by atoms with Gasteiger partial charge < -0.3 is 14.7 Å². The number of aryl methyl sites for hydroxylation is 1. The molecule has 2 amide bonds. The van der Waals surface area contributed by atoms with Crippen molar-refractivity contribution in [3.8, 4) is 0 Å². The van der Waals surface area contributed by atoms with Crippen molar-refractivity contribution in [2.75, 3.05) is 38.6 Å². The summed E-state index contributed by atoms with van der Waals surface area (Å²) in [6.07, 6.45) is 0.278. The second-order valence-electron chi connectivity index (χ2n) is 7.79. The Morgan fingerprint density at radius 2 is 1.71 bits per heavy atom. The predicted molar refractivity (Wildman–Crippen MR) is 112 cm³/mol. The van der Waals surface area contributed by atoms with Crippen LogP contribution in [0.4, 0.5) is 5.69 Å². The van der Waals surface area contributed by atoms with Crippen LogP contribution in [0.2, 0.25) is 0 Å². The van der Waals surface area contributed by atoms with Gasteiger partial charge in [-0.1, -0.05) is 48.0 Å². The Kier molecular flexibility index (Phi) is 6.47. The van der Waals surface area contributed by atoms with Crippen molar-refractivity contribution in [3.05, 3.63) is 65.7 Å². The lowest BCUT2D eigenvalue weighted by molar-refractivity contribution is -0.136. The number of rotatable bonds is 7. The Hall–Kier alpha value is -2.66. The van der Waals surface area contributed by atoms with Gasteiger partial charge in [-0.3, -0.25) is 9.59 Å². The van der Waals surface area contributed by atoms with Crippen LogP contribution in [0.15, 0.2) is 54.6 Å². The van der Waals surface area contributed by atoms with E-state index in [1.807, 2.05) is 80.5 Å². The molecule has 0 saturated carbocycles. The van der Waals surface area contributed by atoms with Crippen LogP contribution in [0, 0.1) is 12.8 Å². The quantitative estimate of drug-likeness (QED) is 0.743. The molecule has 1 aliphatic rings. The third kappa shape index (κ3) is 4.98. The maximum atomic E-state index is 13.3. The molecule has 0 bridgehead atoms. The highest BCUT2D eigenvalue weighted by Crippen LogP contribution is 2.27. The van der Waals surface area contributed by atoms with E-state index in [9.17, 15) is 9.59 Å². The van der Waals surface area contributed by atoms with E-state index < -0.39 is 0 Å². The molecular formula is C23H29N3O2. The molecule has 2 aromatic carbocycles. The molecule has 0 aromatic heterocycles. The van der Waals surface area contributed by atoms with Crippen LogP contribution in [-0.4, -0.2) is 55.3 Å². The minimum absolute atomic E-state index is 0.0227. The summed E-state index contributed by atoms with van der Waals surface area (Å²) in [5, 5.41) is 0. The standard InChI is InChI=1S/C23H29N3O2/c1-18-9-11-21(12-10-18)26-17-20(15-22(26)27)23(28)25(14-13-24(2)3)16-19-7-5-4-6-8-19/h4-12,20H,13-17H2,1-3H3. The molecule has 1 unspecified atom stereocenters. The molecule has 2 aromatic rings. The zero-order valence-electron chi connectivity index (χ0n) is 17.0. The van der Waals surface area contributed by atoms with Crippen LogP contribution in [-0.2, 0) is 16.1 Å². The summed E-state index contributed by atoms with van der Waals surface area (Å²) in [7, 11) is 4.01. The highest BCUT2D eigenvalue weighted by molar-refractivity contribution is 6.00. The Balaban J connectivity index is 1.72. The first kappa shape index (κ1) is 20.1. The Bertz CT molecular complexity index is 802. The Morgan fingerprint density at radius 3 is 2.36 bits per heavy atom. The van der Waals surface area contributed by atoms with Crippen LogP contribution >= 0.6 is 0 Å².